The van der Waals surface area contributed by atoms with Gasteiger partial charge >= 0.3 is 0 Å². The fourth-order valence-electron chi connectivity index (χ4n) is 2.67. The number of nitrogens with zero attached hydrogens (tertiary/aromatic N) is 1. The highest BCUT2D eigenvalue weighted by atomic mass is 32.2. The zero-order valence-corrected chi connectivity index (χ0v) is 12.7. The van der Waals surface area contributed by atoms with Gasteiger partial charge in [0.15, 0.2) is 0 Å². The smallest absolute Gasteiger partial charge is 0.218 e. The molecule has 20 heavy (non-hydrogen) atoms. The van der Waals surface area contributed by atoms with Gasteiger partial charge in [-0.1, -0.05) is 24.3 Å². The second-order valence-corrected chi connectivity index (χ2v) is 8.24. The molecule has 1 atom stereocenters. The Morgan fingerprint density at radius 3 is 2.70 bits per heavy atom. The molecule has 1 N–H and O–H groups in total. The highest BCUT2D eigenvalue weighted by molar-refractivity contribution is 7.89. The molecular formula is C15H22N2O2S. The van der Waals surface area contributed by atoms with Crippen molar-refractivity contribution in [2.75, 3.05) is 13.1 Å². The predicted molar refractivity (Wildman–Crippen MR) is 80.0 cm³/mol. The SMILES string of the molecule is CC(CNC1CC1)S(=O)(=O)N1CCc2ccccc2C1. The molecule has 0 spiro atoms. The lowest BCUT2D eigenvalue weighted by molar-refractivity contribution is 0.384. The van der Waals surface area contributed by atoms with E-state index in [1.165, 1.54) is 18.4 Å². The first-order chi connectivity index (χ1) is 9.57. The molecule has 0 aromatic heterocycles. The molecule has 1 heterocycles. The van der Waals surface area contributed by atoms with Gasteiger partial charge in [0.05, 0.1) is 5.25 Å². The maximum Gasteiger partial charge on any atom is 0.218 e. The monoisotopic (exact) mass is 294 g/mol. The fraction of sp³-hybridized carbons (Fsp3) is 0.600. The number of nitrogens with one attached hydrogen (secondary N) is 1. The molecule has 1 aromatic carbocycles. The van der Waals surface area contributed by atoms with Crippen LogP contribution in [-0.4, -0.2) is 37.1 Å². The van der Waals surface area contributed by atoms with Gasteiger partial charge in [-0.05, 0) is 37.3 Å². The van der Waals surface area contributed by atoms with Crippen LogP contribution in [0, 0.1) is 0 Å². The lowest BCUT2D eigenvalue weighted by Gasteiger charge is -2.30. The Morgan fingerprint density at radius 1 is 1.30 bits per heavy atom. The molecular weight excluding hydrogens is 272 g/mol. The predicted octanol–water partition coefficient (Wildman–Crippen LogP) is 1.51. The zero-order valence-electron chi connectivity index (χ0n) is 11.9. The maximum atomic E-state index is 12.6. The summed E-state index contributed by atoms with van der Waals surface area (Å²) in [5.74, 6) is 0. The van der Waals surface area contributed by atoms with Crippen LogP contribution in [0.2, 0.25) is 0 Å². The van der Waals surface area contributed by atoms with Crippen LogP contribution in [0.3, 0.4) is 0 Å². The van der Waals surface area contributed by atoms with E-state index in [-0.39, 0.29) is 5.25 Å². The van der Waals surface area contributed by atoms with Gasteiger partial charge in [0.1, 0.15) is 0 Å². The highest BCUT2D eigenvalue weighted by Crippen LogP contribution is 2.23. The van der Waals surface area contributed by atoms with Crippen molar-refractivity contribution in [3.63, 3.8) is 0 Å². The third kappa shape index (κ3) is 2.90. The van der Waals surface area contributed by atoms with E-state index >= 15 is 0 Å². The summed E-state index contributed by atoms with van der Waals surface area (Å²) in [6.07, 6.45) is 3.19. The Labute approximate surface area is 121 Å². The van der Waals surface area contributed by atoms with E-state index in [4.69, 9.17) is 0 Å². The summed E-state index contributed by atoms with van der Waals surface area (Å²) in [7, 11) is -3.20. The van der Waals surface area contributed by atoms with Gasteiger partial charge in [0, 0.05) is 25.7 Å². The van der Waals surface area contributed by atoms with Crippen molar-refractivity contribution < 1.29 is 8.42 Å². The Hall–Kier alpha value is -0.910. The van der Waals surface area contributed by atoms with Gasteiger partial charge in [0.25, 0.3) is 0 Å². The van der Waals surface area contributed by atoms with Crippen LogP contribution in [0.25, 0.3) is 0 Å². The molecule has 0 amide bonds. The number of hydrogen-bond donors (Lipinski definition) is 1. The van der Waals surface area contributed by atoms with Gasteiger partial charge < -0.3 is 5.32 Å². The first kappa shape index (κ1) is 14.0. The van der Waals surface area contributed by atoms with Crippen LogP contribution in [0.5, 0.6) is 0 Å². The van der Waals surface area contributed by atoms with E-state index in [9.17, 15) is 8.42 Å². The molecule has 0 bridgehead atoms. The summed E-state index contributed by atoms with van der Waals surface area (Å²) in [4.78, 5) is 0. The summed E-state index contributed by atoms with van der Waals surface area (Å²) >= 11 is 0. The molecule has 1 aliphatic carbocycles. The van der Waals surface area contributed by atoms with Crippen molar-refractivity contribution >= 4 is 10.0 Å². The van der Waals surface area contributed by atoms with Gasteiger partial charge in [0.2, 0.25) is 10.0 Å². The number of sulfonamides is 1. The first-order valence-electron chi connectivity index (χ1n) is 7.36. The molecule has 3 rings (SSSR count). The average molecular weight is 294 g/mol. The van der Waals surface area contributed by atoms with Crippen molar-refractivity contribution in [1.29, 1.82) is 0 Å². The standard InChI is InChI=1S/C15H22N2O2S/c1-12(10-16-15-6-7-15)20(18,19)17-9-8-13-4-2-3-5-14(13)11-17/h2-5,12,15-16H,6-11H2,1H3. The van der Waals surface area contributed by atoms with Crippen LogP contribution in [0.1, 0.15) is 30.9 Å². The normalized spacial score (nSPS) is 21.4. The minimum absolute atomic E-state index is 0.353. The van der Waals surface area contributed by atoms with E-state index in [0.717, 1.165) is 12.0 Å². The summed E-state index contributed by atoms with van der Waals surface area (Å²) in [6.45, 7) is 3.50. The molecule has 1 fully saturated rings. The van der Waals surface area contributed by atoms with Gasteiger partial charge in [-0.2, -0.15) is 4.31 Å². The van der Waals surface area contributed by atoms with Crippen LogP contribution in [0.4, 0.5) is 0 Å². The summed E-state index contributed by atoms with van der Waals surface area (Å²) < 4.78 is 26.9. The van der Waals surface area contributed by atoms with Gasteiger partial charge in [-0.15, -0.1) is 0 Å². The number of benzene rings is 1. The third-order valence-electron chi connectivity index (χ3n) is 4.24. The molecule has 0 radical (unpaired) electrons. The van der Waals surface area contributed by atoms with Crippen LogP contribution >= 0.6 is 0 Å². The van der Waals surface area contributed by atoms with Crippen molar-refractivity contribution in [2.24, 2.45) is 0 Å². The Balaban J connectivity index is 1.68. The van der Waals surface area contributed by atoms with E-state index in [1.54, 1.807) is 4.31 Å². The second-order valence-electron chi connectivity index (χ2n) is 5.89. The fourth-order valence-corrected chi connectivity index (χ4v) is 4.15. The molecule has 0 saturated heterocycles. The van der Waals surface area contributed by atoms with Crippen molar-refractivity contribution in [2.45, 2.75) is 44.0 Å². The molecule has 1 aromatic rings. The Morgan fingerprint density at radius 2 is 2.00 bits per heavy atom. The second kappa shape index (κ2) is 5.47. The van der Waals surface area contributed by atoms with Crippen LogP contribution in [0.15, 0.2) is 24.3 Å². The minimum Gasteiger partial charge on any atom is -0.313 e. The Bertz CT molecular complexity index is 581. The summed E-state index contributed by atoms with van der Waals surface area (Å²) in [5.41, 5.74) is 2.42. The topological polar surface area (TPSA) is 49.4 Å². The van der Waals surface area contributed by atoms with E-state index in [2.05, 4.69) is 11.4 Å². The van der Waals surface area contributed by atoms with E-state index in [1.807, 2.05) is 25.1 Å². The number of rotatable bonds is 5. The Kier molecular flexibility index (Phi) is 3.84. The maximum absolute atomic E-state index is 12.6. The average Bonchev–Trinajstić information content (AvgIpc) is 3.28. The molecule has 110 valence electrons. The number of fused-ring (bicyclic) bond motifs is 1. The van der Waals surface area contributed by atoms with Gasteiger partial charge in [-0.3, -0.25) is 0 Å². The highest BCUT2D eigenvalue weighted by Gasteiger charge is 2.32. The van der Waals surface area contributed by atoms with Crippen molar-refractivity contribution in [1.82, 2.24) is 9.62 Å². The number of hydrogen-bond acceptors (Lipinski definition) is 3. The lowest BCUT2D eigenvalue weighted by Crippen LogP contribution is -2.44. The molecule has 5 heteroatoms. The van der Waals surface area contributed by atoms with Gasteiger partial charge in [-0.25, -0.2) is 8.42 Å². The minimum atomic E-state index is -3.20. The molecule has 1 aliphatic heterocycles. The van der Waals surface area contributed by atoms with Crippen molar-refractivity contribution in [3.05, 3.63) is 35.4 Å². The van der Waals surface area contributed by atoms with E-state index in [0.29, 0.717) is 25.7 Å². The summed E-state index contributed by atoms with van der Waals surface area (Å²) in [5, 5.41) is 2.96. The first-order valence-corrected chi connectivity index (χ1v) is 8.87. The van der Waals surface area contributed by atoms with E-state index < -0.39 is 10.0 Å². The lowest BCUT2D eigenvalue weighted by atomic mass is 10.0. The van der Waals surface area contributed by atoms with Crippen LogP contribution < -0.4 is 5.32 Å². The zero-order chi connectivity index (χ0) is 14.2. The largest absolute Gasteiger partial charge is 0.313 e. The molecule has 1 unspecified atom stereocenters. The van der Waals surface area contributed by atoms with Crippen molar-refractivity contribution in [3.8, 4) is 0 Å². The quantitative estimate of drug-likeness (QED) is 0.895. The summed E-state index contributed by atoms with van der Waals surface area (Å²) in [6, 6.07) is 8.68. The third-order valence-corrected chi connectivity index (χ3v) is 6.45. The molecule has 4 nitrogen and oxygen atoms in total. The molecule has 1 saturated carbocycles. The van der Waals surface area contributed by atoms with Crippen LogP contribution in [-0.2, 0) is 23.0 Å². The molecule has 2 aliphatic rings.